The van der Waals surface area contributed by atoms with Crippen molar-refractivity contribution in [2.45, 2.75) is 65.3 Å². The molecule has 0 aliphatic carbocycles. The maximum absolute atomic E-state index is 4.17. The van der Waals surface area contributed by atoms with Crippen LogP contribution in [0.15, 0.2) is 6.20 Å². The molecule has 0 atom stereocenters. The number of unbranched alkanes of at least 4 members (excludes halogenated alkanes) is 4. The third-order valence-electron chi connectivity index (χ3n) is 2.61. The van der Waals surface area contributed by atoms with Crippen LogP contribution in [0.4, 0.5) is 0 Å². The van der Waals surface area contributed by atoms with E-state index in [1.165, 1.54) is 38.5 Å². The highest BCUT2D eigenvalue weighted by molar-refractivity contribution is 4.91. The molecular formula is C12H23N3. The quantitative estimate of drug-likeness (QED) is 0.615. The topological polar surface area (TPSA) is 30.7 Å². The lowest BCUT2D eigenvalue weighted by molar-refractivity contribution is 0.527. The van der Waals surface area contributed by atoms with E-state index in [2.05, 4.69) is 30.4 Å². The van der Waals surface area contributed by atoms with Crippen LogP contribution in [0.1, 0.15) is 58.1 Å². The van der Waals surface area contributed by atoms with Crippen molar-refractivity contribution in [3.05, 3.63) is 11.9 Å². The zero-order valence-corrected chi connectivity index (χ0v) is 10.1. The van der Waals surface area contributed by atoms with Gasteiger partial charge in [0, 0.05) is 12.7 Å². The van der Waals surface area contributed by atoms with E-state index in [-0.39, 0.29) is 0 Å². The van der Waals surface area contributed by atoms with Gasteiger partial charge in [-0.25, -0.2) is 0 Å². The smallest absolute Gasteiger partial charge is 0.0827 e. The lowest BCUT2D eigenvalue weighted by atomic mass is 10.2. The van der Waals surface area contributed by atoms with E-state index < -0.39 is 0 Å². The molecule has 1 heterocycles. The minimum Gasteiger partial charge on any atom is -0.252 e. The second-order valence-electron chi connectivity index (χ2n) is 4.14. The Labute approximate surface area is 92.9 Å². The average Bonchev–Trinajstić information content (AvgIpc) is 2.69. The number of hydrogen-bond donors (Lipinski definition) is 0. The summed E-state index contributed by atoms with van der Waals surface area (Å²) in [5.41, 5.74) is 1.15. The monoisotopic (exact) mass is 209 g/mol. The first kappa shape index (κ1) is 12.2. The molecule has 0 spiro atoms. The van der Waals surface area contributed by atoms with Gasteiger partial charge in [-0.3, -0.25) is 4.68 Å². The van der Waals surface area contributed by atoms with Crippen molar-refractivity contribution in [3.63, 3.8) is 0 Å². The van der Waals surface area contributed by atoms with Gasteiger partial charge in [0.05, 0.1) is 5.69 Å². The Hall–Kier alpha value is -0.860. The molecule has 15 heavy (non-hydrogen) atoms. The number of aromatic nitrogens is 3. The number of rotatable bonds is 8. The molecule has 0 amide bonds. The van der Waals surface area contributed by atoms with Crippen molar-refractivity contribution < 1.29 is 0 Å². The summed E-state index contributed by atoms with van der Waals surface area (Å²) in [6, 6.07) is 0. The fourth-order valence-electron chi connectivity index (χ4n) is 1.62. The van der Waals surface area contributed by atoms with Gasteiger partial charge < -0.3 is 0 Å². The molecule has 0 bridgehead atoms. The van der Waals surface area contributed by atoms with Crippen LogP contribution in [0.3, 0.4) is 0 Å². The molecule has 1 aromatic rings. The highest BCUT2D eigenvalue weighted by Gasteiger charge is 1.99. The summed E-state index contributed by atoms with van der Waals surface area (Å²) in [5.74, 6) is 0. The SMILES string of the molecule is CCCCCCn1cc(CCCC)nn1. The molecule has 3 heteroatoms. The van der Waals surface area contributed by atoms with E-state index in [1.54, 1.807) is 0 Å². The van der Waals surface area contributed by atoms with Gasteiger partial charge in [-0.05, 0) is 19.3 Å². The van der Waals surface area contributed by atoms with Crippen LogP contribution in [0.2, 0.25) is 0 Å². The van der Waals surface area contributed by atoms with Crippen LogP contribution < -0.4 is 0 Å². The largest absolute Gasteiger partial charge is 0.252 e. The summed E-state index contributed by atoms with van der Waals surface area (Å²) in [4.78, 5) is 0. The fourth-order valence-corrected chi connectivity index (χ4v) is 1.62. The van der Waals surface area contributed by atoms with Gasteiger partial charge in [-0.1, -0.05) is 44.7 Å². The molecule has 0 N–H and O–H groups in total. The van der Waals surface area contributed by atoms with Crippen molar-refractivity contribution in [3.8, 4) is 0 Å². The molecule has 0 fully saturated rings. The molecule has 0 aromatic carbocycles. The van der Waals surface area contributed by atoms with Crippen LogP contribution in [0.25, 0.3) is 0 Å². The third-order valence-corrected chi connectivity index (χ3v) is 2.61. The maximum atomic E-state index is 4.17. The molecular weight excluding hydrogens is 186 g/mol. The lowest BCUT2D eigenvalue weighted by Gasteiger charge is -1.98. The Kier molecular flexibility index (Phi) is 6.05. The second-order valence-corrected chi connectivity index (χ2v) is 4.14. The van der Waals surface area contributed by atoms with Crippen molar-refractivity contribution in [2.75, 3.05) is 0 Å². The molecule has 0 saturated heterocycles. The summed E-state index contributed by atoms with van der Waals surface area (Å²) >= 11 is 0. The highest BCUT2D eigenvalue weighted by atomic mass is 15.4. The maximum Gasteiger partial charge on any atom is 0.0827 e. The normalized spacial score (nSPS) is 10.8. The van der Waals surface area contributed by atoms with Gasteiger partial charge >= 0.3 is 0 Å². The van der Waals surface area contributed by atoms with Crippen molar-refractivity contribution in [2.24, 2.45) is 0 Å². The van der Waals surface area contributed by atoms with Crippen molar-refractivity contribution in [1.82, 2.24) is 15.0 Å². The summed E-state index contributed by atoms with van der Waals surface area (Å²) in [5, 5.41) is 8.30. The van der Waals surface area contributed by atoms with Crippen LogP contribution in [-0.4, -0.2) is 15.0 Å². The van der Waals surface area contributed by atoms with Gasteiger partial charge in [0.25, 0.3) is 0 Å². The second kappa shape index (κ2) is 7.43. The van der Waals surface area contributed by atoms with Gasteiger partial charge in [-0.15, -0.1) is 5.10 Å². The first-order chi connectivity index (χ1) is 7.36. The summed E-state index contributed by atoms with van der Waals surface area (Å²) in [7, 11) is 0. The van der Waals surface area contributed by atoms with E-state index >= 15 is 0 Å². The zero-order chi connectivity index (χ0) is 10.9. The van der Waals surface area contributed by atoms with Gasteiger partial charge in [0.15, 0.2) is 0 Å². The fraction of sp³-hybridized carbons (Fsp3) is 0.833. The Morgan fingerprint density at radius 1 is 1.07 bits per heavy atom. The number of nitrogens with zero attached hydrogens (tertiary/aromatic N) is 3. The van der Waals surface area contributed by atoms with Gasteiger partial charge in [0.2, 0.25) is 0 Å². The first-order valence-electron chi connectivity index (χ1n) is 6.25. The van der Waals surface area contributed by atoms with E-state index in [1.807, 2.05) is 4.68 Å². The zero-order valence-electron chi connectivity index (χ0n) is 10.1. The standard InChI is InChI=1S/C12H23N3/c1-3-5-7-8-10-15-11-12(13-14-15)9-6-4-2/h11H,3-10H2,1-2H3. The third kappa shape index (κ3) is 4.96. The van der Waals surface area contributed by atoms with E-state index in [4.69, 9.17) is 0 Å². The lowest BCUT2D eigenvalue weighted by Crippen LogP contribution is -1.98. The van der Waals surface area contributed by atoms with Crippen molar-refractivity contribution in [1.29, 1.82) is 0 Å². The van der Waals surface area contributed by atoms with Crippen LogP contribution in [0.5, 0.6) is 0 Å². The minimum absolute atomic E-state index is 1.03. The molecule has 1 aromatic heterocycles. The van der Waals surface area contributed by atoms with Gasteiger partial charge in [0.1, 0.15) is 0 Å². The summed E-state index contributed by atoms with van der Waals surface area (Å²) in [6.07, 6.45) is 10.8. The van der Waals surface area contributed by atoms with Crippen LogP contribution in [0, 0.1) is 0 Å². The predicted octanol–water partition coefficient (Wildman–Crippen LogP) is 3.20. The van der Waals surface area contributed by atoms with Crippen LogP contribution >= 0.6 is 0 Å². The Morgan fingerprint density at radius 3 is 2.60 bits per heavy atom. The Bertz CT molecular complexity index is 255. The molecule has 1 rings (SSSR count). The number of hydrogen-bond acceptors (Lipinski definition) is 2. The molecule has 0 aliphatic rings. The van der Waals surface area contributed by atoms with E-state index in [0.29, 0.717) is 0 Å². The summed E-state index contributed by atoms with van der Waals surface area (Å²) in [6.45, 7) is 5.46. The molecule has 0 saturated carbocycles. The average molecular weight is 209 g/mol. The molecule has 0 radical (unpaired) electrons. The van der Waals surface area contributed by atoms with E-state index in [0.717, 1.165) is 18.7 Å². The highest BCUT2D eigenvalue weighted by Crippen LogP contribution is 2.03. The molecule has 3 nitrogen and oxygen atoms in total. The summed E-state index contributed by atoms with van der Waals surface area (Å²) < 4.78 is 1.99. The Morgan fingerprint density at radius 2 is 1.87 bits per heavy atom. The number of aryl methyl sites for hydroxylation is 2. The Balaban J connectivity index is 2.20. The van der Waals surface area contributed by atoms with Crippen LogP contribution in [-0.2, 0) is 13.0 Å². The molecule has 0 unspecified atom stereocenters. The minimum atomic E-state index is 1.03. The first-order valence-corrected chi connectivity index (χ1v) is 6.25. The van der Waals surface area contributed by atoms with Gasteiger partial charge in [-0.2, -0.15) is 0 Å². The predicted molar refractivity (Wildman–Crippen MR) is 62.8 cm³/mol. The molecule has 0 aliphatic heterocycles. The molecule has 86 valence electrons. The van der Waals surface area contributed by atoms with E-state index in [9.17, 15) is 0 Å². The van der Waals surface area contributed by atoms with Crippen molar-refractivity contribution >= 4 is 0 Å².